The maximum atomic E-state index is 11.8. The molecular weight excluding hydrogens is 292 g/mol. The molecule has 1 N–H and O–H groups in total. The van der Waals surface area contributed by atoms with Crippen LogP contribution in [0.3, 0.4) is 0 Å². The molecule has 3 rings (SSSR count). The summed E-state index contributed by atoms with van der Waals surface area (Å²) in [4.78, 5) is 29.6. The molecular formula is C13H16N4O3S. The minimum absolute atomic E-state index is 0.162. The van der Waals surface area contributed by atoms with Gasteiger partial charge in [0.15, 0.2) is 0 Å². The molecule has 3 heterocycles. The van der Waals surface area contributed by atoms with Crippen LogP contribution in [0.25, 0.3) is 4.96 Å². The zero-order chi connectivity index (χ0) is 15.0. The Morgan fingerprint density at radius 1 is 1.57 bits per heavy atom. The molecule has 0 aliphatic carbocycles. The highest BCUT2D eigenvalue weighted by atomic mass is 32.1. The van der Waals surface area contributed by atoms with E-state index in [-0.39, 0.29) is 17.9 Å². The van der Waals surface area contributed by atoms with Crippen molar-refractivity contribution in [2.75, 3.05) is 13.1 Å². The van der Waals surface area contributed by atoms with E-state index in [0.29, 0.717) is 17.2 Å². The first-order chi connectivity index (χ1) is 10.0. The Morgan fingerprint density at radius 3 is 3.14 bits per heavy atom. The van der Waals surface area contributed by atoms with Crippen molar-refractivity contribution < 1.29 is 9.90 Å². The van der Waals surface area contributed by atoms with E-state index in [1.807, 2.05) is 0 Å². The van der Waals surface area contributed by atoms with Crippen LogP contribution in [0.15, 0.2) is 10.9 Å². The average molecular weight is 308 g/mol. The Kier molecular flexibility index (Phi) is 3.73. The van der Waals surface area contributed by atoms with Crippen LogP contribution in [0.1, 0.15) is 23.5 Å². The molecule has 1 fully saturated rings. The van der Waals surface area contributed by atoms with Crippen LogP contribution in [0.5, 0.6) is 0 Å². The molecule has 7 nitrogen and oxygen atoms in total. The molecule has 1 atom stereocenters. The molecule has 21 heavy (non-hydrogen) atoms. The van der Waals surface area contributed by atoms with E-state index < -0.39 is 5.97 Å². The number of carbonyl (C=O) groups is 1. The van der Waals surface area contributed by atoms with Crippen LogP contribution in [-0.4, -0.2) is 43.7 Å². The van der Waals surface area contributed by atoms with Gasteiger partial charge in [-0.05, 0) is 25.8 Å². The van der Waals surface area contributed by atoms with Crippen molar-refractivity contribution in [2.24, 2.45) is 5.92 Å². The van der Waals surface area contributed by atoms with Crippen molar-refractivity contribution in [2.45, 2.75) is 26.3 Å². The summed E-state index contributed by atoms with van der Waals surface area (Å²) < 4.78 is 1.33. The van der Waals surface area contributed by atoms with E-state index in [0.717, 1.165) is 24.5 Å². The van der Waals surface area contributed by atoms with Gasteiger partial charge in [-0.2, -0.15) is 9.61 Å². The lowest BCUT2D eigenvalue weighted by molar-refractivity contribution is -0.138. The predicted molar refractivity (Wildman–Crippen MR) is 77.5 cm³/mol. The maximum absolute atomic E-state index is 11.8. The van der Waals surface area contributed by atoms with Gasteiger partial charge in [0.2, 0.25) is 4.96 Å². The standard InChI is InChI=1S/C13H16N4O3S/c1-8-4-11(18)17-13(14-8)21-10(15-17)7-16-3-2-9(6-16)5-12(19)20/h4,9H,2-3,5-7H2,1H3,(H,19,20). The number of aromatic nitrogens is 3. The monoisotopic (exact) mass is 308 g/mol. The fourth-order valence-electron chi connectivity index (χ4n) is 2.69. The minimum Gasteiger partial charge on any atom is -0.481 e. The van der Waals surface area contributed by atoms with Crippen LogP contribution >= 0.6 is 11.3 Å². The van der Waals surface area contributed by atoms with Crippen LogP contribution in [0.4, 0.5) is 0 Å². The molecule has 2 aromatic heterocycles. The van der Waals surface area contributed by atoms with E-state index in [1.165, 1.54) is 21.9 Å². The highest BCUT2D eigenvalue weighted by Gasteiger charge is 2.25. The number of aliphatic carboxylic acids is 1. The number of likely N-dealkylation sites (tertiary alicyclic amines) is 1. The Labute approximate surface area is 124 Å². The molecule has 0 aromatic carbocycles. The van der Waals surface area contributed by atoms with Crippen molar-refractivity contribution in [3.63, 3.8) is 0 Å². The highest BCUT2D eigenvalue weighted by Crippen LogP contribution is 2.22. The highest BCUT2D eigenvalue weighted by molar-refractivity contribution is 7.16. The number of fused-ring (bicyclic) bond motifs is 1. The fraction of sp³-hybridized carbons (Fsp3) is 0.538. The quantitative estimate of drug-likeness (QED) is 0.897. The maximum Gasteiger partial charge on any atom is 0.303 e. The third kappa shape index (κ3) is 3.11. The largest absolute Gasteiger partial charge is 0.481 e. The van der Waals surface area contributed by atoms with Crippen LogP contribution in [0.2, 0.25) is 0 Å². The molecule has 1 saturated heterocycles. The summed E-state index contributed by atoms with van der Waals surface area (Å²) in [6.07, 6.45) is 1.12. The molecule has 0 spiro atoms. The summed E-state index contributed by atoms with van der Waals surface area (Å²) >= 11 is 1.41. The Bertz CT molecular complexity index is 739. The third-order valence-corrected chi connectivity index (χ3v) is 4.50. The molecule has 2 aromatic rings. The molecule has 112 valence electrons. The van der Waals surface area contributed by atoms with E-state index in [4.69, 9.17) is 5.11 Å². The predicted octanol–water partition coefficient (Wildman–Crippen LogP) is 0.756. The minimum atomic E-state index is -0.743. The van der Waals surface area contributed by atoms with Crippen molar-refractivity contribution in [3.8, 4) is 0 Å². The Hall–Kier alpha value is -1.80. The number of hydrogen-bond acceptors (Lipinski definition) is 6. The van der Waals surface area contributed by atoms with Crippen molar-refractivity contribution in [1.29, 1.82) is 0 Å². The lowest BCUT2D eigenvalue weighted by Crippen LogP contribution is -2.21. The SMILES string of the molecule is Cc1cc(=O)n2nc(CN3CCC(CC(=O)O)C3)sc2n1. The number of hydrogen-bond donors (Lipinski definition) is 1. The smallest absolute Gasteiger partial charge is 0.303 e. The summed E-state index contributed by atoms with van der Waals surface area (Å²) in [5.41, 5.74) is 0.531. The molecule has 1 aliphatic heterocycles. The van der Waals surface area contributed by atoms with Gasteiger partial charge in [-0.25, -0.2) is 4.98 Å². The van der Waals surface area contributed by atoms with Gasteiger partial charge in [0.05, 0.1) is 6.54 Å². The zero-order valence-electron chi connectivity index (χ0n) is 11.7. The molecule has 1 unspecified atom stereocenters. The second-order valence-corrected chi connectivity index (χ2v) is 6.45. The van der Waals surface area contributed by atoms with Gasteiger partial charge in [0.1, 0.15) is 5.01 Å². The lowest BCUT2D eigenvalue weighted by Gasteiger charge is -2.12. The lowest BCUT2D eigenvalue weighted by atomic mass is 10.1. The van der Waals surface area contributed by atoms with Gasteiger partial charge < -0.3 is 5.11 Å². The average Bonchev–Trinajstić information content (AvgIpc) is 2.96. The zero-order valence-corrected chi connectivity index (χ0v) is 12.5. The second kappa shape index (κ2) is 5.53. The van der Waals surface area contributed by atoms with E-state index in [1.54, 1.807) is 6.92 Å². The van der Waals surface area contributed by atoms with Gasteiger partial charge in [0, 0.05) is 24.7 Å². The molecule has 0 saturated carbocycles. The number of carboxylic acids is 1. The number of aryl methyl sites for hydroxylation is 1. The molecule has 1 aliphatic rings. The summed E-state index contributed by atoms with van der Waals surface area (Å²) in [5.74, 6) is -0.534. The van der Waals surface area contributed by atoms with E-state index in [9.17, 15) is 9.59 Å². The van der Waals surface area contributed by atoms with Crippen LogP contribution in [0, 0.1) is 12.8 Å². The first-order valence-electron chi connectivity index (χ1n) is 6.82. The van der Waals surface area contributed by atoms with Gasteiger partial charge in [0.25, 0.3) is 5.56 Å². The number of carboxylic acid groups (broad SMARTS) is 1. The Morgan fingerprint density at radius 2 is 2.38 bits per heavy atom. The summed E-state index contributed by atoms with van der Waals surface area (Å²) in [6, 6.07) is 1.47. The molecule has 0 radical (unpaired) electrons. The van der Waals surface area contributed by atoms with Crippen molar-refractivity contribution >= 4 is 22.3 Å². The van der Waals surface area contributed by atoms with Gasteiger partial charge in [-0.1, -0.05) is 11.3 Å². The first-order valence-corrected chi connectivity index (χ1v) is 7.63. The van der Waals surface area contributed by atoms with E-state index >= 15 is 0 Å². The van der Waals surface area contributed by atoms with Crippen LogP contribution < -0.4 is 5.56 Å². The summed E-state index contributed by atoms with van der Waals surface area (Å²) in [6.45, 7) is 4.07. The van der Waals surface area contributed by atoms with Crippen LogP contribution in [-0.2, 0) is 11.3 Å². The molecule has 0 bridgehead atoms. The van der Waals surface area contributed by atoms with Crippen molar-refractivity contribution in [1.82, 2.24) is 19.5 Å². The summed E-state index contributed by atoms with van der Waals surface area (Å²) in [7, 11) is 0. The fourth-order valence-corrected chi connectivity index (χ4v) is 3.67. The summed E-state index contributed by atoms with van der Waals surface area (Å²) in [5, 5.41) is 14.0. The van der Waals surface area contributed by atoms with Crippen molar-refractivity contribution in [3.05, 3.63) is 27.1 Å². The number of rotatable bonds is 4. The number of nitrogens with zero attached hydrogens (tertiary/aromatic N) is 4. The van der Waals surface area contributed by atoms with Gasteiger partial charge in [-0.15, -0.1) is 0 Å². The first kappa shape index (κ1) is 14.2. The topological polar surface area (TPSA) is 87.8 Å². The Balaban J connectivity index is 1.73. The second-order valence-electron chi connectivity index (χ2n) is 5.41. The normalized spacial score (nSPS) is 19.4. The molecule has 8 heteroatoms. The van der Waals surface area contributed by atoms with Gasteiger partial charge >= 0.3 is 5.97 Å². The van der Waals surface area contributed by atoms with Gasteiger partial charge in [-0.3, -0.25) is 14.5 Å². The molecule has 0 amide bonds. The van der Waals surface area contributed by atoms with E-state index in [2.05, 4.69) is 15.0 Å². The third-order valence-electron chi connectivity index (χ3n) is 3.61.